The Kier molecular flexibility index (Phi) is 4.78. The van der Waals surface area contributed by atoms with Crippen LogP contribution in [0.2, 0.25) is 0 Å². The van der Waals surface area contributed by atoms with Gasteiger partial charge in [-0.25, -0.2) is 8.42 Å². The normalized spacial score (nSPS) is 26.6. The van der Waals surface area contributed by atoms with Gasteiger partial charge in [-0.2, -0.15) is 4.31 Å². The van der Waals surface area contributed by atoms with E-state index in [4.69, 9.17) is 4.74 Å². The van der Waals surface area contributed by atoms with E-state index in [0.29, 0.717) is 0 Å². The number of aromatic nitrogens is 1. The van der Waals surface area contributed by atoms with Gasteiger partial charge in [0.2, 0.25) is 15.9 Å². The van der Waals surface area contributed by atoms with E-state index in [-0.39, 0.29) is 30.6 Å². The second-order valence-electron chi connectivity index (χ2n) is 6.61. The van der Waals surface area contributed by atoms with Crippen molar-refractivity contribution in [2.75, 3.05) is 19.8 Å². The number of nitrogens with zero attached hydrogens (tertiary/aromatic N) is 3. The van der Waals surface area contributed by atoms with Gasteiger partial charge in [-0.15, -0.1) is 0 Å². The molecule has 2 aliphatic rings. The SMILES string of the molecule is CN(CC(=O)N1C2CCC1CC(Oc1cccnc1)C2)S(C)(=O)=O. The van der Waals surface area contributed by atoms with Crippen LogP contribution in [0.4, 0.5) is 0 Å². The van der Waals surface area contributed by atoms with E-state index >= 15 is 0 Å². The van der Waals surface area contributed by atoms with Crippen molar-refractivity contribution in [1.29, 1.82) is 0 Å². The number of carbonyl (C=O) groups is 1. The lowest BCUT2D eigenvalue weighted by Gasteiger charge is -2.39. The minimum Gasteiger partial charge on any atom is -0.489 e. The highest BCUT2D eigenvalue weighted by Crippen LogP contribution is 2.37. The van der Waals surface area contributed by atoms with E-state index in [1.54, 1.807) is 12.4 Å². The molecule has 1 aromatic heterocycles. The summed E-state index contributed by atoms with van der Waals surface area (Å²) >= 11 is 0. The van der Waals surface area contributed by atoms with Crippen molar-refractivity contribution in [3.63, 3.8) is 0 Å². The fourth-order valence-electron chi connectivity index (χ4n) is 3.63. The van der Waals surface area contributed by atoms with Crippen LogP contribution in [-0.2, 0) is 14.8 Å². The zero-order valence-electron chi connectivity index (χ0n) is 14.0. The van der Waals surface area contributed by atoms with Crippen molar-refractivity contribution in [3.05, 3.63) is 24.5 Å². The van der Waals surface area contributed by atoms with Crippen molar-refractivity contribution in [2.45, 2.75) is 43.9 Å². The van der Waals surface area contributed by atoms with Gasteiger partial charge in [0.05, 0.1) is 19.0 Å². The van der Waals surface area contributed by atoms with Gasteiger partial charge in [0.1, 0.15) is 11.9 Å². The van der Waals surface area contributed by atoms with Gasteiger partial charge in [-0.05, 0) is 25.0 Å². The van der Waals surface area contributed by atoms with Crippen LogP contribution in [0, 0.1) is 0 Å². The summed E-state index contributed by atoms with van der Waals surface area (Å²) in [5, 5.41) is 0. The van der Waals surface area contributed by atoms with Gasteiger partial charge >= 0.3 is 0 Å². The first kappa shape index (κ1) is 17.2. The van der Waals surface area contributed by atoms with Crippen molar-refractivity contribution in [2.24, 2.45) is 0 Å². The maximum atomic E-state index is 12.6. The molecule has 2 atom stereocenters. The highest BCUT2D eigenvalue weighted by Gasteiger charge is 2.44. The summed E-state index contributed by atoms with van der Waals surface area (Å²) in [4.78, 5) is 18.5. The zero-order valence-corrected chi connectivity index (χ0v) is 14.8. The molecule has 1 aromatic rings. The molecule has 2 aliphatic heterocycles. The third kappa shape index (κ3) is 3.70. The molecule has 24 heavy (non-hydrogen) atoms. The molecule has 0 radical (unpaired) electrons. The van der Waals surface area contributed by atoms with Gasteiger partial charge < -0.3 is 9.64 Å². The molecule has 1 amide bonds. The summed E-state index contributed by atoms with van der Waals surface area (Å²) in [6, 6.07) is 3.98. The first-order valence-corrected chi connectivity index (χ1v) is 9.98. The number of ether oxygens (including phenoxy) is 1. The van der Waals surface area contributed by atoms with Crippen LogP contribution in [0.5, 0.6) is 5.75 Å². The maximum Gasteiger partial charge on any atom is 0.238 e. The first-order valence-electron chi connectivity index (χ1n) is 8.14. The molecule has 2 unspecified atom stereocenters. The summed E-state index contributed by atoms with van der Waals surface area (Å²) < 4.78 is 30.1. The molecule has 0 aromatic carbocycles. The first-order chi connectivity index (χ1) is 11.3. The minimum atomic E-state index is -3.35. The number of amides is 1. The quantitative estimate of drug-likeness (QED) is 0.785. The minimum absolute atomic E-state index is 0.0726. The fourth-order valence-corrected chi connectivity index (χ4v) is 3.97. The van der Waals surface area contributed by atoms with Gasteiger partial charge in [0.15, 0.2) is 0 Å². The van der Waals surface area contributed by atoms with Gasteiger partial charge in [0, 0.05) is 38.2 Å². The van der Waals surface area contributed by atoms with Crippen LogP contribution in [0.15, 0.2) is 24.5 Å². The number of hydrogen-bond donors (Lipinski definition) is 0. The van der Waals surface area contributed by atoms with E-state index in [2.05, 4.69) is 4.98 Å². The predicted molar refractivity (Wildman–Crippen MR) is 89.0 cm³/mol. The van der Waals surface area contributed by atoms with Crippen LogP contribution in [0.3, 0.4) is 0 Å². The average Bonchev–Trinajstić information content (AvgIpc) is 2.79. The summed E-state index contributed by atoms with van der Waals surface area (Å²) in [5.74, 6) is 0.633. The number of piperidine rings is 1. The van der Waals surface area contributed by atoms with Crippen LogP contribution in [0.1, 0.15) is 25.7 Å². The topological polar surface area (TPSA) is 79.8 Å². The molecule has 2 saturated heterocycles. The van der Waals surface area contributed by atoms with Crippen molar-refractivity contribution in [1.82, 2.24) is 14.2 Å². The molecule has 3 rings (SSSR count). The van der Waals surface area contributed by atoms with Crippen molar-refractivity contribution >= 4 is 15.9 Å². The fraction of sp³-hybridized carbons (Fsp3) is 0.625. The second kappa shape index (κ2) is 6.68. The Morgan fingerprint density at radius 1 is 1.38 bits per heavy atom. The van der Waals surface area contributed by atoms with Gasteiger partial charge in [-0.1, -0.05) is 0 Å². The smallest absolute Gasteiger partial charge is 0.238 e. The Morgan fingerprint density at radius 2 is 2.04 bits per heavy atom. The second-order valence-corrected chi connectivity index (χ2v) is 8.69. The molecular formula is C16H23N3O4S. The molecule has 2 fully saturated rings. The highest BCUT2D eigenvalue weighted by atomic mass is 32.2. The summed E-state index contributed by atoms with van der Waals surface area (Å²) in [6.45, 7) is -0.0973. The largest absolute Gasteiger partial charge is 0.489 e. The number of carbonyl (C=O) groups excluding carboxylic acids is 1. The molecule has 7 nitrogen and oxygen atoms in total. The van der Waals surface area contributed by atoms with Crippen LogP contribution >= 0.6 is 0 Å². The summed E-state index contributed by atoms with van der Waals surface area (Å²) in [5.41, 5.74) is 0. The number of likely N-dealkylation sites (N-methyl/N-ethyl adjacent to an activating group) is 1. The lowest BCUT2D eigenvalue weighted by atomic mass is 9.99. The highest BCUT2D eigenvalue weighted by molar-refractivity contribution is 7.88. The van der Waals surface area contributed by atoms with Crippen LogP contribution in [0.25, 0.3) is 0 Å². The zero-order chi connectivity index (χ0) is 17.3. The van der Waals surface area contributed by atoms with E-state index < -0.39 is 10.0 Å². The van der Waals surface area contributed by atoms with Crippen molar-refractivity contribution < 1.29 is 17.9 Å². The van der Waals surface area contributed by atoms with E-state index in [9.17, 15) is 13.2 Å². The van der Waals surface area contributed by atoms with Crippen molar-refractivity contribution in [3.8, 4) is 5.75 Å². The number of pyridine rings is 1. The van der Waals surface area contributed by atoms with E-state index in [0.717, 1.165) is 42.0 Å². The molecular weight excluding hydrogens is 330 g/mol. The predicted octanol–water partition coefficient (Wildman–Crippen LogP) is 0.874. The van der Waals surface area contributed by atoms with E-state index in [1.165, 1.54) is 7.05 Å². The molecule has 0 saturated carbocycles. The average molecular weight is 353 g/mol. The monoisotopic (exact) mass is 353 g/mol. The Hall–Kier alpha value is -1.67. The molecule has 3 heterocycles. The number of sulfonamides is 1. The van der Waals surface area contributed by atoms with E-state index in [1.807, 2.05) is 17.0 Å². The standard InChI is InChI=1S/C16H23N3O4S/c1-18(24(2,21)22)11-16(20)19-12-5-6-13(19)9-15(8-12)23-14-4-3-7-17-10-14/h3-4,7,10,12-13,15H,5-6,8-9,11H2,1-2H3. The van der Waals surface area contributed by atoms with Gasteiger partial charge in [-0.3, -0.25) is 9.78 Å². The van der Waals surface area contributed by atoms with Gasteiger partial charge in [0.25, 0.3) is 0 Å². The summed E-state index contributed by atoms with van der Waals surface area (Å²) in [6.07, 6.45) is 8.04. The number of fused-ring (bicyclic) bond motifs is 2. The molecule has 0 spiro atoms. The third-order valence-corrected chi connectivity index (χ3v) is 6.10. The third-order valence-electron chi connectivity index (χ3n) is 4.84. The van der Waals surface area contributed by atoms with Crippen LogP contribution < -0.4 is 4.74 Å². The molecule has 2 bridgehead atoms. The Morgan fingerprint density at radius 3 is 2.58 bits per heavy atom. The molecule has 0 aliphatic carbocycles. The Bertz CT molecular complexity index is 681. The Labute approximate surface area is 142 Å². The maximum absolute atomic E-state index is 12.6. The number of rotatable bonds is 5. The molecule has 8 heteroatoms. The number of hydrogen-bond acceptors (Lipinski definition) is 5. The van der Waals surface area contributed by atoms with Crippen LogP contribution in [-0.4, -0.2) is 66.5 Å². The lowest BCUT2D eigenvalue weighted by molar-refractivity contribution is -0.137. The molecule has 0 N–H and O–H groups in total. The Balaban J connectivity index is 1.62. The summed E-state index contributed by atoms with van der Waals surface area (Å²) in [7, 11) is -1.91. The lowest BCUT2D eigenvalue weighted by Crippen LogP contribution is -2.52. The molecule has 132 valence electrons.